The van der Waals surface area contributed by atoms with E-state index in [2.05, 4.69) is 6.07 Å². The summed E-state index contributed by atoms with van der Waals surface area (Å²) in [7, 11) is -2.99. The van der Waals surface area contributed by atoms with Crippen LogP contribution in [-0.4, -0.2) is 43.9 Å². The third kappa shape index (κ3) is 4.49. The number of rotatable bonds is 5. The van der Waals surface area contributed by atoms with E-state index in [1.165, 1.54) is 18.0 Å². The lowest BCUT2D eigenvalue weighted by molar-refractivity contribution is -0.119. The maximum absolute atomic E-state index is 12.5. The molecule has 1 fully saturated rings. The van der Waals surface area contributed by atoms with Gasteiger partial charge < -0.3 is 4.90 Å². The number of thioether (sulfide) groups is 1. The van der Waals surface area contributed by atoms with Gasteiger partial charge in [-0.1, -0.05) is 0 Å². The summed E-state index contributed by atoms with van der Waals surface area (Å²) < 4.78 is 22.3. The molecule has 118 valence electrons. The van der Waals surface area contributed by atoms with E-state index in [0.29, 0.717) is 17.9 Å². The quantitative estimate of drug-likeness (QED) is 0.818. The summed E-state index contributed by atoms with van der Waals surface area (Å²) in [6.45, 7) is 0.661. The van der Waals surface area contributed by atoms with Crippen molar-refractivity contribution in [1.82, 2.24) is 0 Å². The molecule has 0 unspecified atom stereocenters. The number of sulfone groups is 1. The van der Waals surface area contributed by atoms with E-state index in [1.54, 1.807) is 29.2 Å². The number of carbonyl (C=O) groups excluding carboxylic acids is 1. The number of hydrogen-bond acceptors (Lipinski definition) is 5. The van der Waals surface area contributed by atoms with E-state index in [-0.39, 0.29) is 16.9 Å². The zero-order chi connectivity index (χ0) is 16.2. The summed E-state index contributed by atoms with van der Waals surface area (Å²) in [5.74, 6) is 0.559. The van der Waals surface area contributed by atoms with Crippen molar-refractivity contribution in [1.29, 1.82) is 5.26 Å². The minimum Gasteiger partial charge on any atom is -0.311 e. The van der Waals surface area contributed by atoms with Crippen LogP contribution < -0.4 is 4.90 Å². The highest BCUT2D eigenvalue weighted by Gasteiger charge is 2.30. The predicted molar refractivity (Wildman–Crippen MR) is 88.7 cm³/mol. The molecule has 0 spiro atoms. The van der Waals surface area contributed by atoms with Crippen molar-refractivity contribution in [3.63, 3.8) is 0 Å². The van der Waals surface area contributed by atoms with Crippen LogP contribution in [0.2, 0.25) is 0 Å². The molecule has 1 aromatic carbocycles. The summed E-state index contributed by atoms with van der Waals surface area (Å²) in [4.78, 5) is 14.3. The lowest BCUT2D eigenvalue weighted by atomic mass is 10.1. The second-order valence-electron chi connectivity index (χ2n) is 5.28. The molecular formula is C15H18N2O3S2. The fourth-order valence-electron chi connectivity index (χ4n) is 2.31. The Morgan fingerprint density at radius 2 is 2.05 bits per heavy atom. The number of benzene rings is 1. The van der Waals surface area contributed by atoms with E-state index in [0.717, 1.165) is 18.5 Å². The standard InChI is InChI=1S/C15H18N2O3S2/c1-22(19,20)10-9-21-14-3-2-8-17(15(14)18)13-6-4-12(11-16)5-7-13/h4-7,14H,2-3,8-10H2,1H3/t14-/m0/s1. The Bertz CT molecular complexity index is 678. The smallest absolute Gasteiger partial charge is 0.240 e. The minimum atomic E-state index is -2.99. The Kier molecular flexibility index (Phi) is 5.48. The van der Waals surface area contributed by atoms with Crippen LogP contribution in [0.1, 0.15) is 18.4 Å². The maximum atomic E-state index is 12.5. The lowest BCUT2D eigenvalue weighted by Crippen LogP contribution is -2.43. The molecule has 0 aliphatic carbocycles. The molecule has 1 aromatic rings. The first kappa shape index (κ1) is 16.8. The SMILES string of the molecule is CS(=O)(=O)CCS[C@H]1CCCN(c2ccc(C#N)cc2)C1=O. The molecular weight excluding hydrogens is 320 g/mol. The third-order valence-electron chi connectivity index (χ3n) is 3.47. The Balaban J connectivity index is 2.01. The van der Waals surface area contributed by atoms with Gasteiger partial charge in [-0.3, -0.25) is 4.79 Å². The van der Waals surface area contributed by atoms with Gasteiger partial charge in [0.1, 0.15) is 9.84 Å². The number of piperidine rings is 1. The second kappa shape index (κ2) is 7.16. The van der Waals surface area contributed by atoms with Crippen molar-refractivity contribution in [2.24, 2.45) is 0 Å². The Hall–Kier alpha value is -1.52. The Morgan fingerprint density at radius 3 is 2.64 bits per heavy atom. The molecule has 0 bridgehead atoms. The van der Waals surface area contributed by atoms with Gasteiger partial charge in [-0.15, -0.1) is 11.8 Å². The number of carbonyl (C=O) groups is 1. The topological polar surface area (TPSA) is 78.2 Å². The fraction of sp³-hybridized carbons (Fsp3) is 0.467. The molecule has 1 amide bonds. The Morgan fingerprint density at radius 1 is 1.36 bits per heavy atom. The van der Waals surface area contributed by atoms with Gasteiger partial charge >= 0.3 is 0 Å². The van der Waals surface area contributed by atoms with E-state index >= 15 is 0 Å². The first-order chi connectivity index (χ1) is 10.4. The van der Waals surface area contributed by atoms with Crippen molar-refractivity contribution in [3.05, 3.63) is 29.8 Å². The first-order valence-electron chi connectivity index (χ1n) is 7.01. The summed E-state index contributed by atoms with van der Waals surface area (Å²) in [6, 6.07) is 9.01. The van der Waals surface area contributed by atoms with Crippen LogP contribution in [0, 0.1) is 11.3 Å². The number of hydrogen-bond donors (Lipinski definition) is 0. The number of amides is 1. The summed E-state index contributed by atoms with van der Waals surface area (Å²) in [5.41, 5.74) is 1.35. The molecule has 0 saturated carbocycles. The lowest BCUT2D eigenvalue weighted by Gasteiger charge is -2.32. The molecule has 0 N–H and O–H groups in total. The Labute approximate surface area is 135 Å². The monoisotopic (exact) mass is 338 g/mol. The van der Waals surface area contributed by atoms with E-state index in [1.807, 2.05) is 0 Å². The average Bonchev–Trinajstić information content (AvgIpc) is 2.48. The highest BCUT2D eigenvalue weighted by molar-refractivity contribution is 8.01. The van der Waals surface area contributed by atoms with Gasteiger partial charge in [0.25, 0.3) is 0 Å². The first-order valence-corrected chi connectivity index (χ1v) is 10.1. The zero-order valence-electron chi connectivity index (χ0n) is 12.4. The summed E-state index contributed by atoms with van der Waals surface area (Å²) in [6.07, 6.45) is 2.88. The van der Waals surface area contributed by atoms with Gasteiger partial charge in [0.2, 0.25) is 5.91 Å². The van der Waals surface area contributed by atoms with Gasteiger partial charge in [0.05, 0.1) is 22.6 Å². The van der Waals surface area contributed by atoms with Crippen molar-refractivity contribution in [2.45, 2.75) is 18.1 Å². The molecule has 0 aromatic heterocycles. The van der Waals surface area contributed by atoms with Crippen LogP contribution in [0.25, 0.3) is 0 Å². The molecule has 1 heterocycles. The van der Waals surface area contributed by atoms with Crippen LogP contribution in [0.3, 0.4) is 0 Å². The van der Waals surface area contributed by atoms with Gasteiger partial charge in [0, 0.05) is 24.2 Å². The second-order valence-corrected chi connectivity index (χ2v) is 8.85. The van der Waals surface area contributed by atoms with Crippen LogP contribution in [0.4, 0.5) is 5.69 Å². The van der Waals surface area contributed by atoms with Crippen LogP contribution in [0.5, 0.6) is 0 Å². The summed E-state index contributed by atoms with van der Waals surface area (Å²) in [5, 5.41) is 8.62. The number of nitriles is 1. The number of anilines is 1. The van der Waals surface area contributed by atoms with Gasteiger partial charge in [-0.25, -0.2) is 8.42 Å². The minimum absolute atomic E-state index is 0.0226. The van der Waals surface area contributed by atoms with E-state index in [9.17, 15) is 13.2 Å². The van der Waals surface area contributed by atoms with E-state index < -0.39 is 9.84 Å². The molecule has 2 rings (SSSR count). The largest absolute Gasteiger partial charge is 0.311 e. The molecule has 1 aliphatic heterocycles. The maximum Gasteiger partial charge on any atom is 0.240 e. The van der Waals surface area contributed by atoms with Crippen LogP contribution in [-0.2, 0) is 14.6 Å². The van der Waals surface area contributed by atoms with Crippen LogP contribution >= 0.6 is 11.8 Å². The van der Waals surface area contributed by atoms with Crippen molar-refractivity contribution in [2.75, 3.05) is 29.2 Å². The highest BCUT2D eigenvalue weighted by atomic mass is 32.2. The molecule has 1 aliphatic rings. The predicted octanol–water partition coefficient (Wildman–Crippen LogP) is 1.83. The average molecular weight is 338 g/mol. The fourth-order valence-corrected chi connectivity index (χ4v) is 4.79. The van der Waals surface area contributed by atoms with Gasteiger partial charge in [-0.2, -0.15) is 5.26 Å². The van der Waals surface area contributed by atoms with E-state index in [4.69, 9.17) is 5.26 Å². The molecule has 1 saturated heterocycles. The normalized spacial score (nSPS) is 19.0. The molecule has 1 atom stereocenters. The highest BCUT2D eigenvalue weighted by Crippen LogP contribution is 2.28. The van der Waals surface area contributed by atoms with Gasteiger partial charge in [0.15, 0.2) is 0 Å². The molecule has 5 nitrogen and oxygen atoms in total. The summed E-state index contributed by atoms with van der Waals surface area (Å²) >= 11 is 1.42. The molecule has 22 heavy (non-hydrogen) atoms. The zero-order valence-corrected chi connectivity index (χ0v) is 14.0. The molecule has 0 radical (unpaired) electrons. The van der Waals surface area contributed by atoms with Crippen LogP contribution in [0.15, 0.2) is 24.3 Å². The van der Waals surface area contributed by atoms with Crippen molar-refractivity contribution < 1.29 is 13.2 Å². The number of nitrogens with zero attached hydrogens (tertiary/aromatic N) is 2. The van der Waals surface area contributed by atoms with Crippen molar-refractivity contribution in [3.8, 4) is 6.07 Å². The van der Waals surface area contributed by atoms with Gasteiger partial charge in [-0.05, 0) is 37.1 Å². The third-order valence-corrected chi connectivity index (χ3v) is 5.95. The van der Waals surface area contributed by atoms with Crippen molar-refractivity contribution >= 4 is 33.2 Å². The molecule has 7 heteroatoms.